The third-order valence-electron chi connectivity index (χ3n) is 2.56. The highest BCUT2D eigenvalue weighted by atomic mass is 32.2. The number of hydrogen-bond donors (Lipinski definition) is 2. The predicted octanol–water partition coefficient (Wildman–Crippen LogP) is 0.472. The SMILES string of the molecule is COc1ccc(CNS(=O)(=O)CCCN)cc1OC. The van der Waals surface area contributed by atoms with Crippen molar-refractivity contribution in [2.24, 2.45) is 5.73 Å². The zero-order valence-corrected chi connectivity index (χ0v) is 12.0. The zero-order valence-electron chi connectivity index (χ0n) is 11.2. The summed E-state index contributed by atoms with van der Waals surface area (Å²) in [6.45, 7) is 0.574. The third kappa shape index (κ3) is 5.06. The van der Waals surface area contributed by atoms with Crippen molar-refractivity contribution in [1.82, 2.24) is 4.72 Å². The Morgan fingerprint density at radius 1 is 1.21 bits per heavy atom. The summed E-state index contributed by atoms with van der Waals surface area (Å²) in [6, 6.07) is 5.26. The van der Waals surface area contributed by atoms with Gasteiger partial charge < -0.3 is 15.2 Å². The first-order valence-electron chi connectivity index (χ1n) is 5.90. The molecule has 0 atom stereocenters. The van der Waals surface area contributed by atoms with Gasteiger partial charge in [-0.3, -0.25) is 0 Å². The van der Waals surface area contributed by atoms with Gasteiger partial charge in [0.15, 0.2) is 11.5 Å². The number of benzene rings is 1. The van der Waals surface area contributed by atoms with Gasteiger partial charge in [0.25, 0.3) is 0 Å². The van der Waals surface area contributed by atoms with Crippen LogP contribution in [0.4, 0.5) is 0 Å². The molecule has 0 aliphatic carbocycles. The average Bonchev–Trinajstić information content (AvgIpc) is 2.42. The van der Waals surface area contributed by atoms with Crippen molar-refractivity contribution < 1.29 is 17.9 Å². The molecule has 1 aromatic carbocycles. The quantitative estimate of drug-likeness (QED) is 0.726. The number of nitrogens with one attached hydrogen (secondary N) is 1. The lowest BCUT2D eigenvalue weighted by Gasteiger charge is -2.10. The molecular formula is C12H20N2O4S. The van der Waals surface area contributed by atoms with Crippen LogP contribution in [0.25, 0.3) is 0 Å². The molecule has 3 N–H and O–H groups in total. The summed E-state index contributed by atoms with van der Waals surface area (Å²) < 4.78 is 36.0. The fraction of sp³-hybridized carbons (Fsp3) is 0.500. The van der Waals surface area contributed by atoms with Gasteiger partial charge in [-0.2, -0.15) is 0 Å². The number of hydrogen-bond acceptors (Lipinski definition) is 5. The van der Waals surface area contributed by atoms with Crippen LogP contribution in [-0.4, -0.2) is 34.9 Å². The van der Waals surface area contributed by atoms with E-state index in [0.29, 0.717) is 24.5 Å². The molecule has 0 aliphatic heterocycles. The Kier molecular flexibility index (Phi) is 6.07. The van der Waals surface area contributed by atoms with Crippen LogP contribution >= 0.6 is 0 Å². The van der Waals surface area contributed by atoms with Gasteiger partial charge in [-0.15, -0.1) is 0 Å². The van der Waals surface area contributed by atoms with Crippen molar-refractivity contribution in [3.05, 3.63) is 23.8 Å². The van der Waals surface area contributed by atoms with Crippen LogP contribution in [-0.2, 0) is 16.6 Å². The molecule has 1 rings (SSSR count). The first-order chi connectivity index (χ1) is 9.02. The minimum absolute atomic E-state index is 0.0385. The van der Waals surface area contributed by atoms with E-state index in [2.05, 4.69) is 4.72 Å². The maximum atomic E-state index is 11.6. The Balaban J connectivity index is 2.68. The van der Waals surface area contributed by atoms with Crippen LogP contribution in [0.5, 0.6) is 11.5 Å². The molecule has 108 valence electrons. The van der Waals surface area contributed by atoms with E-state index in [1.54, 1.807) is 25.3 Å². The van der Waals surface area contributed by atoms with Gasteiger partial charge in [-0.25, -0.2) is 13.1 Å². The third-order valence-corrected chi connectivity index (χ3v) is 3.97. The van der Waals surface area contributed by atoms with Crippen LogP contribution < -0.4 is 19.9 Å². The highest BCUT2D eigenvalue weighted by Crippen LogP contribution is 2.27. The molecular weight excluding hydrogens is 268 g/mol. The lowest BCUT2D eigenvalue weighted by molar-refractivity contribution is 0.354. The van der Waals surface area contributed by atoms with Gasteiger partial charge in [0.2, 0.25) is 10.0 Å². The van der Waals surface area contributed by atoms with Gasteiger partial charge >= 0.3 is 0 Å². The van der Waals surface area contributed by atoms with Gasteiger partial charge in [0, 0.05) is 6.54 Å². The van der Waals surface area contributed by atoms with Crippen molar-refractivity contribution in [3.63, 3.8) is 0 Å². The molecule has 1 aromatic rings. The molecule has 0 amide bonds. The molecule has 0 saturated carbocycles. The fourth-order valence-electron chi connectivity index (χ4n) is 1.53. The summed E-state index contributed by atoms with van der Waals surface area (Å²) in [5.74, 6) is 1.22. The molecule has 0 aliphatic rings. The molecule has 0 spiro atoms. The number of nitrogens with two attached hydrogens (primary N) is 1. The van der Waals surface area contributed by atoms with Crippen molar-refractivity contribution in [1.29, 1.82) is 0 Å². The van der Waals surface area contributed by atoms with Gasteiger partial charge in [-0.05, 0) is 30.7 Å². The van der Waals surface area contributed by atoms with E-state index in [0.717, 1.165) is 5.56 Å². The average molecular weight is 288 g/mol. The van der Waals surface area contributed by atoms with Crippen LogP contribution in [0.15, 0.2) is 18.2 Å². The number of ether oxygens (including phenoxy) is 2. The molecule has 0 heterocycles. The Morgan fingerprint density at radius 2 is 1.89 bits per heavy atom. The summed E-state index contributed by atoms with van der Waals surface area (Å²) in [4.78, 5) is 0. The van der Waals surface area contributed by atoms with Crippen molar-refractivity contribution >= 4 is 10.0 Å². The minimum atomic E-state index is -3.28. The summed E-state index contributed by atoms with van der Waals surface area (Å²) in [7, 11) is -0.196. The second-order valence-electron chi connectivity index (χ2n) is 3.97. The highest BCUT2D eigenvalue weighted by molar-refractivity contribution is 7.89. The van der Waals surface area contributed by atoms with Crippen LogP contribution in [0, 0.1) is 0 Å². The molecule has 7 heteroatoms. The lowest BCUT2D eigenvalue weighted by atomic mass is 10.2. The van der Waals surface area contributed by atoms with Gasteiger partial charge in [0.05, 0.1) is 20.0 Å². The van der Waals surface area contributed by atoms with E-state index < -0.39 is 10.0 Å². The largest absolute Gasteiger partial charge is 0.493 e. The van der Waals surface area contributed by atoms with Crippen molar-refractivity contribution in [2.75, 3.05) is 26.5 Å². The predicted molar refractivity (Wildman–Crippen MR) is 73.8 cm³/mol. The second kappa shape index (κ2) is 7.32. The molecule has 0 bridgehead atoms. The first kappa shape index (κ1) is 15.7. The van der Waals surface area contributed by atoms with Crippen LogP contribution in [0.2, 0.25) is 0 Å². The van der Waals surface area contributed by atoms with E-state index >= 15 is 0 Å². The molecule has 0 fully saturated rings. The molecule has 19 heavy (non-hydrogen) atoms. The normalized spacial score (nSPS) is 11.3. The number of rotatable bonds is 8. The molecule has 0 unspecified atom stereocenters. The minimum Gasteiger partial charge on any atom is -0.493 e. The number of methoxy groups -OCH3 is 2. The first-order valence-corrected chi connectivity index (χ1v) is 7.56. The smallest absolute Gasteiger partial charge is 0.211 e. The molecule has 0 saturated heterocycles. The van der Waals surface area contributed by atoms with Crippen molar-refractivity contribution in [2.45, 2.75) is 13.0 Å². The fourth-order valence-corrected chi connectivity index (χ4v) is 2.61. The van der Waals surface area contributed by atoms with E-state index in [-0.39, 0.29) is 12.3 Å². The summed E-state index contributed by atoms with van der Waals surface area (Å²) in [5.41, 5.74) is 6.09. The Labute approximate surface area is 113 Å². The monoisotopic (exact) mass is 288 g/mol. The summed E-state index contributed by atoms with van der Waals surface area (Å²) >= 11 is 0. The van der Waals surface area contributed by atoms with Crippen LogP contribution in [0.1, 0.15) is 12.0 Å². The standard InChI is InChI=1S/C12H20N2O4S/c1-17-11-5-4-10(8-12(11)18-2)9-14-19(15,16)7-3-6-13/h4-5,8,14H,3,6-7,9,13H2,1-2H3. The van der Waals surface area contributed by atoms with Crippen LogP contribution in [0.3, 0.4) is 0 Å². The van der Waals surface area contributed by atoms with Gasteiger partial charge in [0.1, 0.15) is 0 Å². The van der Waals surface area contributed by atoms with Crippen molar-refractivity contribution in [3.8, 4) is 11.5 Å². The zero-order chi connectivity index (χ0) is 14.3. The Morgan fingerprint density at radius 3 is 2.47 bits per heavy atom. The topological polar surface area (TPSA) is 90.7 Å². The van der Waals surface area contributed by atoms with E-state index in [9.17, 15) is 8.42 Å². The number of sulfonamides is 1. The van der Waals surface area contributed by atoms with Gasteiger partial charge in [-0.1, -0.05) is 6.07 Å². The highest BCUT2D eigenvalue weighted by Gasteiger charge is 2.10. The lowest BCUT2D eigenvalue weighted by Crippen LogP contribution is -2.27. The Hall–Kier alpha value is -1.31. The Bertz CT molecular complexity index is 502. The van der Waals surface area contributed by atoms with E-state index in [4.69, 9.17) is 15.2 Å². The maximum Gasteiger partial charge on any atom is 0.211 e. The van der Waals surface area contributed by atoms with E-state index in [1.165, 1.54) is 7.11 Å². The second-order valence-corrected chi connectivity index (χ2v) is 5.90. The maximum absolute atomic E-state index is 11.6. The summed E-state index contributed by atoms with van der Waals surface area (Å²) in [5, 5.41) is 0. The van der Waals surface area contributed by atoms with E-state index in [1.807, 2.05) is 0 Å². The molecule has 0 radical (unpaired) electrons. The molecule has 0 aromatic heterocycles. The molecule has 6 nitrogen and oxygen atoms in total. The summed E-state index contributed by atoms with van der Waals surface area (Å²) in [6.07, 6.45) is 0.446.